The van der Waals surface area contributed by atoms with Crippen LogP contribution in [0.1, 0.15) is 6.92 Å². The summed E-state index contributed by atoms with van der Waals surface area (Å²) in [6.07, 6.45) is 0. The van der Waals surface area contributed by atoms with Crippen molar-refractivity contribution in [3.63, 3.8) is 0 Å². The maximum absolute atomic E-state index is 11.3. The van der Waals surface area contributed by atoms with Crippen LogP contribution in [0, 0.1) is 0 Å². The van der Waals surface area contributed by atoms with E-state index in [-0.39, 0.29) is 5.75 Å². The maximum Gasteiger partial charge on any atom is 0.212 e. The Hall–Kier alpha value is -0.170. The van der Waals surface area contributed by atoms with Gasteiger partial charge in [0.1, 0.15) is 0 Å². The molecule has 0 aromatic carbocycles. The Balaban J connectivity index is 2.24. The molecule has 1 rings (SSSR count). The summed E-state index contributed by atoms with van der Waals surface area (Å²) in [6, 6.07) is 0. The van der Waals surface area contributed by atoms with Crippen LogP contribution in [0.4, 0.5) is 0 Å². The van der Waals surface area contributed by atoms with Crippen LogP contribution < -0.4 is 4.72 Å². The maximum atomic E-state index is 11.3. The zero-order valence-corrected chi connectivity index (χ0v) is 9.35. The predicted octanol–water partition coefficient (Wildman–Crippen LogP) is -0.742. The molecule has 84 valence electrons. The van der Waals surface area contributed by atoms with Crippen LogP contribution in [0.2, 0.25) is 0 Å². The molecule has 0 aromatic heterocycles. The van der Waals surface area contributed by atoms with Gasteiger partial charge in [0, 0.05) is 26.2 Å². The lowest BCUT2D eigenvalue weighted by atomic mass is 10.4. The smallest absolute Gasteiger partial charge is 0.212 e. The fourth-order valence-corrected chi connectivity index (χ4v) is 2.45. The first-order valence-electron chi connectivity index (χ1n) is 4.91. The quantitative estimate of drug-likeness (QED) is 0.665. The first kappa shape index (κ1) is 11.9. The highest BCUT2D eigenvalue weighted by molar-refractivity contribution is 7.89. The third-order valence-corrected chi connectivity index (χ3v) is 3.59. The Bertz CT molecular complexity index is 247. The largest absolute Gasteiger partial charge is 0.379 e. The molecule has 0 radical (unpaired) electrons. The number of nitrogens with one attached hydrogen (secondary N) is 1. The van der Waals surface area contributed by atoms with E-state index in [0.29, 0.717) is 26.3 Å². The number of morpholine rings is 1. The van der Waals surface area contributed by atoms with Crippen molar-refractivity contribution in [3.8, 4) is 0 Å². The highest BCUT2D eigenvalue weighted by Gasteiger charge is 2.14. The summed E-state index contributed by atoms with van der Waals surface area (Å²) in [5.74, 6) is 0.181. The lowest BCUT2D eigenvalue weighted by Gasteiger charge is -2.26. The monoisotopic (exact) mass is 222 g/mol. The van der Waals surface area contributed by atoms with Crippen molar-refractivity contribution in [2.75, 3.05) is 45.1 Å². The first-order chi connectivity index (χ1) is 6.64. The molecule has 1 N–H and O–H groups in total. The van der Waals surface area contributed by atoms with Gasteiger partial charge in [-0.05, 0) is 0 Å². The lowest BCUT2D eigenvalue weighted by molar-refractivity contribution is 0.0408. The summed E-state index contributed by atoms with van der Waals surface area (Å²) in [7, 11) is -3.06. The number of sulfonamides is 1. The number of hydrogen-bond acceptors (Lipinski definition) is 4. The number of ether oxygens (including phenoxy) is 1. The molecule has 1 saturated heterocycles. The molecule has 14 heavy (non-hydrogen) atoms. The molecular formula is C8H18N2O3S. The van der Waals surface area contributed by atoms with E-state index < -0.39 is 10.0 Å². The second-order valence-corrected chi connectivity index (χ2v) is 5.20. The van der Waals surface area contributed by atoms with Gasteiger partial charge in [-0.25, -0.2) is 13.1 Å². The van der Waals surface area contributed by atoms with Crippen molar-refractivity contribution in [3.05, 3.63) is 0 Å². The minimum Gasteiger partial charge on any atom is -0.379 e. The lowest BCUT2D eigenvalue weighted by Crippen LogP contribution is -2.40. The van der Waals surface area contributed by atoms with Crippen LogP contribution in [0.5, 0.6) is 0 Å². The van der Waals surface area contributed by atoms with Crippen molar-refractivity contribution in [1.29, 1.82) is 0 Å². The minimum absolute atomic E-state index is 0.181. The van der Waals surface area contributed by atoms with E-state index >= 15 is 0 Å². The van der Waals surface area contributed by atoms with E-state index in [1.165, 1.54) is 0 Å². The molecule has 6 heteroatoms. The Morgan fingerprint density at radius 3 is 2.57 bits per heavy atom. The van der Waals surface area contributed by atoms with Crippen molar-refractivity contribution in [2.24, 2.45) is 0 Å². The average molecular weight is 222 g/mol. The Morgan fingerprint density at radius 1 is 1.36 bits per heavy atom. The topological polar surface area (TPSA) is 58.6 Å². The van der Waals surface area contributed by atoms with Gasteiger partial charge in [0.2, 0.25) is 10.0 Å². The van der Waals surface area contributed by atoms with Crippen molar-refractivity contribution < 1.29 is 13.2 Å². The van der Waals surface area contributed by atoms with Crippen LogP contribution in [-0.4, -0.2) is 58.5 Å². The summed E-state index contributed by atoms with van der Waals surface area (Å²) in [6.45, 7) is 5.93. The summed E-state index contributed by atoms with van der Waals surface area (Å²) in [5.41, 5.74) is 0. The van der Waals surface area contributed by atoms with E-state index in [4.69, 9.17) is 4.74 Å². The van der Waals surface area contributed by atoms with Gasteiger partial charge in [0.15, 0.2) is 0 Å². The van der Waals surface area contributed by atoms with Gasteiger partial charge in [-0.15, -0.1) is 0 Å². The normalized spacial score (nSPS) is 19.8. The minimum atomic E-state index is -3.06. The molecule has 0 amide bonds. The highest BCUT2D eigenvalue weighted by Crippen LogP contribution is 1.97. The van der Waals surface area contributed by atoms with Crippen LogP contribution in [0.15, 0.2) is 0 Å². The van der Waals surface area contributed by atoms with Crippen LogP contribution >= 0.6 is 0 Å². The number of nitrogens with zero attached hydrogens (tertiary/aromatic N) is 1. The van der Waals surface area contributed by atoms with Crippen molar-refractivity contribution >= 4 is 10.0 Å². The van der Waals surface area contributed by atoms with Gasteiger partial charge < -0.3 is 4.74 Å². The molecular weight excluding hydrogens is 204 g/mol. The Labute approximate surface area is 85.5 Å². The molecule has 0 spiro atoms. The second-order valence-electron chi connectivity index (χ2n) is 3.27. The van der Waals surface area contributed by atoms with Crippen molar-refractivity contribution in [2.45, 2.75) is 6.92 Å². The fraction of sp³-hybridized carbons (Fsp3) is 1.00. The molecule has 1 aliphatic rings. The third kappa shape index (κ3) is 4.36. The molecule has 1 fully saturated rings. The van der Waals surface area contributed by atoms with Gasteiger partial charge in [-0.2, -0.15) is 0 Å². The number of hydrogen-bond donors (Lipinski definition) is 1. The summed E-state index contributed by atoms with van der Waals surface area (Å²) < 4.78 is 30.3. The fourth-order valence-electron chi connectivity index (χ4n) is 1.37. The zero-order valence-electron chi connectivity index (χ0n) is 8.53. The van der Waals surface area contributed by atoms with E-state index in [1.807, 2.05) is 0 Å². The van der Waals surface area contributed by atoms with Gasteiger partial charge in [-0.1, -0.05) is 6.92 Å². The Kier molecular flexibility index (Phi) is 4.80. The van der Waals surface area contributed by atoms with Gasteiger partial charge in [-0.3, -0.25) is 4.90 Å². The molecule has 0 bridgehead atoms. The molecule has 5 nitrogen and oxygen atoms in total. The van der Waals surface area contributed by atoms with Gasteiger partial charge in [0.25, 0.3) is 0 Å². The summed E-state index contributed by atoms with van der Waals surface area (Å²) in [4.78, 5) is 2.11. The van der Waals surface area contributed by atoms with Gasteiger partial charge in [0.05, 0.1) is 19.0 Å². The van der Waals surface area contributed by atoms with Crippen LogP contribution in [-0.2, 0) is 14.8 Å². The van der Waals surface area contributed by atoms with Crippen LogP contribution in [0.3, 0.4) is 0 Å². The average Bonchev–Trinajstić information content (AvgIpc) is 2.17. The van der Waals surface area contributed by atoms with Crippen LogP contribution in [0.25, 0.3) is 0 Å². The van der Waals surface area contributed by atoms with Crippen molar-refractivity contribution in [1.82, 2.24) is 9.62 Å². The van der Waals surface area contributed by atoms with Gasteiger partial charge >= 0.3 is 0 Å². The molecule has 0 atom stereocenters. The highest BCUT2D eigenvalue weighted by atomic mass is 32.2. The molecule has 1 heterocycles. The van der Waals surface area contributed by atoms with E-state index in [1.54, 1.807) is 6.92 Å². The molecule has 0 aliphatic carbocycles. The number of rotatable bonds is 5. The predicted molar refractivity (Wildman–Crippen MR) is 54.7 cm³/mol. The zero-order chi connectivity index (χ0) is 10.4. The van der Waals surface area contributed by atoms with E-state index in [0.717, 1.165) is 13.1 Å². The molecule has 0 aromatic rings. The molecule has 0 saturated carbocycles. The first-order valence-corrected chi connectivity index (χ1v) is 6.57. The third-order valence-electron chi connectivity index (χ3n) is 2.14. The summed E-state index contributed by atoms with van der Waals surface area (Å²) in [5, 5.41) is 0. The van der Waals surface area contributed by atoms with E-state index in [2.05, 4.69) is 9.62 Å². The Morgan fingerprint density at radius 2 is 2.00 bits per heavy atom. The SMILES string of the molecule is CCNS(=O)(=O)CCN1CCOCC1. The second kappa shape index (κ2) is 5.65. The van der Waals surface area contributed by atoms with E-state index in [9.17, 15) is 8.42 Å². The summed E-state index contributed by atoms with van der Waals surface area (Å²) >= 11 is 0. The standard InChI is InChI=1S/C8H18N2O3S/c1-2-9-14(11,12)8-5-10-3-6-13-7-4-10/h9H,2-8H2,1H3. The molecule has 1 aliphatic heterocycles. The molecule has 0 unspecified atom stereocenters.